The van der Waals surface area contributed by atoms with Gasteiger partial charge in [-0.3, -0.25) is 4.79 Å². The normalized spacial score (nSPS) is 14.9. The SMILES string of the molecule is CC1=[N+](CCCCCC(=O)Oc2c(C)cccc2C)c2ccccc2C1(C)C. The van der Waals surface area contributed by atoms with Crippen molar-refractivity contribution in [3.05, 3.63) is 59.2 Å². The molecule has 28 heavy (non-hydrogen) atoms. The van der Waals surface area contributed by atoms with E-state index in [0.29, 0.717) is 12.2 Å². The first-order valence-electron chi connectivity index (χ1n) is 10.3. The number of hydrogen-bond acceptors (Lipinski definition) is 2. The Balaban J connectivity index is 1.49. The monoisotopic (exact) mass is 378 g/mol. The highest BCUT2D eigenvalue weighted by Gasteiger charge is 2.42. The fourth-order valence-electron chi connectivity index (χ4n) is 4.08. The molecule has 0 amide bonds. The van der Waals surface area contributed by atoms with Crippen LogP contribution in [0.25, 0.3) is 0 Å². The lowest BCUT2D eigenvalue weighted by atomic mass is 9.82. The molecule has 3 heteroatoms. The molecule has 2 aromatic rings. The van der Waals surface area contributed by atoms with Crippen molar-refractivity contribution in [3.63, 3.8) is 0 Å². The van der Waals surface area contributed by atoms with Crippen molar-refractivity contribution in [1.82, 2.24) is 0 Å². The van der Waals surface area contributed by atoms with Crippen LogP contribution in [0.4, 0.5) is 5.69 Å². The van der Waals surface area contributed by atoms with Crippen LogP contribution in [0.15, 0.2) is 42.5 Å². The van der Waals surface area contributed by atoms with Crippen LogP contribution in [-0.2, 0) is 10.2 Å². The molecule has 1 heterocycles. The van der Waals surface area contributed by atoms with E-state index in [1.165, 1.54) is 17.0 Å². The molecule has 0 radical (unpaired) electrons. The van der Waals surface area contributed by atoms with E-state index in [2.05, 4.69) is 49.6 Å². The highest BCUT2D eigenvalue weighted by atomic mass is 16.5. The first-order chi connectivity index (χ1) is 13.3. The predicted octanol–water partition coefficient (Wildman–Crippen LogP) is 5.87. The molecule has 0 N–H and O–H groups in total. The number of carbonyl (C=O) groups excluding carboxylic acids is 1. The molecule has 0 saturated heterocycles. The molecule has 0 spiro atoms. The number of ether oxygens (including phenoxy) is 1. The van der Waals surface area contributed by atoms with Crippen molar-refractivity contribution in [2.24, 2.45) is 0 Å². The lowest BCUT2D eigenvalue weighted by Gasteiger charge is -2.14. The first kappa shape index (κ1) is 20.3. The van der Waals surface area contributed by atoms with Gasteiger partial charge in [-0.2, -0.15) is 4.58 Å². The number of unbranched alkanes of at least 4 members (excludes halogenated alkanes) is 2. The summed E-state index contributed by atoms with van der Waals surface area (Å²) in [6.07, 6.45) is 3.42. The summed E-state index contributed by atoms with van der Waals surface area (Å²) in [6.45, 7) is 11.8. The summed E-state index contributed by atoms with van der Waals surface area (Å²) in [4.78, 5) is 12.2. The number of esters is 1. The van der Waals surface area contributed by atoms with Crippen molar-refractivity contribution in [2.75, 3.05) is 6.54 Å². The third-order valence-electron chi connectivity index (χ3n) is 6.06. The van der Waals surface area contributed by atoms with Crippen LogP contribution in [0.1, 0.15) is 63.1 Å². The van der Waals surface area contributed by atoms with Gasteiger partial charge in [0.25, 0.3) is 0 Å². The molecule has 0 fully saturated rings. The van der Waals surface area contributed by atoms with Gasteiger partial charge in [0.05, 0.1) is 5.41 Å². The number of rotatable bonds is 7. The minimum absolute atomic E-state index is 0.0891. The van der Waals surface area contributed by atoms with Gasteiger partial charge in [0.15, 0.2) is 5.71 Å². The molecule has 0 aliphatic carbocycles. The zero-order valence-electron chi connectivity index (χ0n) is 17.8. The standard InChI is InChI=1S/C25H32NO2/c1-18-12-11-13-19(2)24(18)28-23(27)16-7-6-10-17-26-20(3)25(4,5)21-14-8-9-15-22(21)26/h8-9,11-15H,6-7,10,16-17H2,1-5H3/q+1. The highest BCUT2D eigenvalue weighted by Crippen LogP contribution is 2.39. The van der Waals surface area contributed by atoms with E-state index in [-0.39, 0.29) is 11.4 Å². The van der Waals surface area contributed by atoms with Gasteiger partial charge in [-0.15, -0.1) is 0 Å². The first-order valence-corrected chi connectivity index (χ1v) is 10.3. The summed E-state index contributed by atoms with van der Waals surface area (Å²) in [6, 6.07) is 14.6. The van der Waals surface area contributed by atoms with E-state index in [4.69, 9.17) is 4.74 Å². The summed E-state index contributed by atoms with van der Waals surface area (Å²) in [5.74, 6) is 0.585. The summed E-state index contributed by atoms with van der Waals surface area (Å²) >= 11 is 0. The number of para-hydroxylation sites is 2. The second-order valence-electron chi connectivity index (χ2n) is 8.38. The molecule has 3 rings (SSSR count). The summed E-state index contributed by atoms with van der Waals surface area (Å²) in [5.41, 5.74) is 6.25. The largest absolute Gasteiger partial charge is 0.426 e. The number of fused-ring (bicyclic) bond motifs is 1. The average Bonchev–Trinajstić information content (AvgIpc) is 2.85. The van der Waals surface area contributed by atoms with E-state index in [9.17, 15) is 4.79 Å². The van der Waals surface area contributed by atoms with Gasteiger partial charge in [-0.05, 0) is 51.7 Å². The Kier molecular flexibility index (Phi) is 6.02. The van der Waals surface area contributed by atoms with Gasteiger partial charge in [-0.1, -0.05) is 36.4 Å². The third kappa shape index (κ3) is 4.04. The highest BCUT2D eigenvalue weighted by molar-refractivity contribution is 5.93. The molecule has 2 aromatic carbocycles. The lowest BCUT2D eigenvalue weighted by Crippen LogP contribution is -2.26. The lowest BCUT2D eigenvalue weighted by molar-refractivity contribution is -0.439. The van der Waals surface area contributed by atoms with Crippen LogP contribution in [0, 0.1) is 13.8 Å². The zero-order chi connectivity index (χ0) is 20.3. The summed E-state index contributed by atoms with van der Waals surface area (Å²) in [7, 11) is 0. The van der Waals surface area contributed by atoms with Crippen molar-refractivity contribution in [2.45, 2.75) is 65.7 Å². The van der Waals surface area contributed by atoms with Crippen LogP contribution < -0.4 is 4.74 Å². The van der Waals surface area contributed by atoms with Crippen LogP contribution in [0.5, 0.6) is 5.75 Å². The van der Waals surface area contributed by atoms with Crippen molar-refractivity contribution < 1.29 is 14.1 Å². The Labute approximate surface area is 169 Å². The third-order valence-corrected chi connectivity index (χ3v) is 6.06. The maximum absolute atomic E-state index is 12.2. The second-order valence-corrected chi connectivity index (χ2v) is 8.38. The maximum atomic E-state index is 12.2. The molecular weight excluding hydrogens is 346 g/mol. The smallest absolute Gasteiger partial charge is 0.311 e. The summed E-state index contributed by atoms with van der Waals surface area (Å²) < 4.78 is 8.04. The van der Waals surface area contributed by atoms with E-state index in [1.807, 2.05) is 32.0 Å². The molecule has 0 aromatic heterocycles. The number of nitrogens with zero attached hydrogens (tertiary/aromatic N) is 1. The van der Waals surface area contributed by atoms with E-state index in [0.717, 1.165) is 36.9 Å². The Hall–Kier alpha value is -2.42. The Morgan fingerprint density at radius 1 is 0.929 bits per heavy atom. The Bertz CT molecular complexity index is 888. The number of hydrogen-bond donors (Lipinski definition) is 0. The minimum Gasteiger partial charge on any atom is -0.426 e. The Morgan fingerprint density at radius 3 is 2.32 bits per heavy atom. The van der Waals surface area contributed by atoms with E-state index >= 15 is 0 Å². The van der Waals surface area contributed by atoms with Crippen molar-refractivity contribution >= 4 is 17.4 Å². The molecule has 0 bridgehead atoms. The molecule has 1 aliphatic heterocycles. The molecular formula is C25H32NO2+. The zero-order valence-corrected chi connectivity index (χ0v) is 17.8. The van der Waals surface area contributed by atoms with Crippen LogP contribution in [-0.4, -0.2) is 22.8 Å². The van der Waals surface area contributed by atoms with Gasteiger partial charge >= 0.3 is 5.97 Å². The van der Waals surface area contributed by atoms with Gasteiger partial charge in [0, 0.05) is 31.4 Å². The topological polar surface area (TPSA) is 29.3 Å². The minimum atomic E-state index is -0.132. The van der Waals surface area contributed by atoms with Crippen molar-refractivity contribution in [3.8, 4) is 5.75 Å². The Morgan fingerprint density at radius 2 is 1.61 bits per heavy atom. The number of carbonyl (C=O) groups is 1. The fourth-order valence-corrected chi connectivity index (χ4v) is 4.08. The van der Waals surface area contributed by atoms with Gasteiger partial charge in [-0.25, -0.2) is 0 Å². The molecule has 0 atom stereocenters. The van der Waals surface area contributed by atoms with Crippen molar-refractivity contribution in [1.29, 1.82) is 0 Å². The van der Waals surface area contributed by atoms with E-state index < -0.39 is 0 Å². The quantitative estimate of drug-likeness (QED) is 0.261. The maximum Gasteiger partial charge on any atom is 0.311 e. The fraction of sp³-hybridized carbons (Fsp3) is 0.440. The van der Waals surface area contributed by atoms with Crippen LogP contribution in [0.2, 0.25) is 0 Å². The number of benzene rings is 2. The van der Waals surface area contributed by atoms with Crippen LogP contribution >= 0.6 is 0 Å². The molecule has 0 unspecified atom stereocenters. The van der Waals surface area contributed by atoms with Gasteiger partial charge < -0.3 is 4.74 Å². The second kappa shape index (κ2) is 8.30. The summed E-state index contributed by atoms with van der Waals surface area (Å²) in [5, 5.41) is 0. The average molecular weight is 379 g/mol. The molecule has 1 aliphatic rings. The molecule has 3 nitrogen and oxygen atoms in total. The molecule has 0 saturated carbocycles. The van der Waals surface area contributed by atoms with Gasteiger partial charge in [0.2, 0.25) is 5.69 Å². The van der Waals surface area contributed by atoms with Gasteiger partial charge in [0.1, 0.15) is 12.3 Å². The molecule has 148 valence electrons. The van der Waals surface area contributed by atoms with E-state index in [1.54, 1.807) is 0 Å². The number of aryl methyl sites for hydroxylation is 2. The predicted molar refractivity (Wildman–Crippen MR) is 115 cm³/mol. The van der Waals surface area contributed by atoms with Crippen LogP contribution in [0.3, 0.4) is 0 Å².